The molecule has 8 N–H and O–H groups in total. The van der Waals surface area contributed by atoms with Crippen LogP contribution in [0.4, 0.5) is 20.4 Å². The molecular formula is C23H32F2N10O13P4. The number of nitrogen functional groups attached to an aromatic ring is 2. The Morgan fingerprint density at radius 2 is 1.21 bits per heavy atom. The highest BCUT2D eigenvalue weighted by atomic mass is 31.3. The van der Waals surface area contributed by atoms with Crippen molar-refractivity contribution >= 4 is 64.6 Å². The van der Waals surface area contributed by atoms with Crippen LogP contribution in [-0.4, -0.2) is 89.4 Å². The van der Waals surface area contributed by atoms with Crippen molar-refractivity contribution in [2.45, 2.75) is 68.2 Å². The second kappa shape index (κ2) is 14.4. The molecule has 2 saturated carbocycles. The highest BCUT2D eigenvalue weighted by Gasteiger charge is 2.69. The van der Waals surface area contributed by atoms with Gasteiger partial charge in [-0.2, -0.15) is 8.78 Å². The summed E-state index contributed by atoms with van der Waals surface area (Å²) >= 11 is 0. The summed E-state index contributed by atoms with van der Waals surface area (Å²) in [6.45, 7) is -1.09. The minimum Gasteiger partial charge on any atom is -0.382 e. The summed E-state index contributed by atoms with van der Waals surface area (Å²) in [5.41, 5.74) is 13.2. The van der Waals surface area contributed by atoms with E-state index < -0.39 is 61.4 Å². The summed E-state index contributed by atoms with van der Waals surface area (Å²) in [7, 11) is -25.3. The van der Waals surface area contributed by atoms with Gasteiger partial charge in [-0.1, -0.05) is 0 Å². The zero-order chi connectivity index (χ0) is 37.7. The van der Waals surface area contributed by atoms with Crippen molar-refractivity contribution in [3.8, 4) is 0 Å². The fraction of sp³-hybridized carbons (Fsp3) is 0.565. The molecule has 0 aromatic carbocycles. The summed E-state index contributed by atoms with van der Waals surface area (Å²) in [5.74, 6) is 0.326. The zero-order valence-electron chi connectivity index (χ0n) is 26.5. The quantitative estimate of drug-likeness (QED) is 0.0740. The predicted octanol–water partition coefficient (Wildman–Crippen LogP) is 3.22. The maximum absolute atomic E-state index is 14.9. The van der Waals surface area contributed by atoms with E-state index in [0.717, 1.165) is 0 Å². The lowest BCUT2D eigenvalue weighted by Gasteiger charge is -2.27. The molecule has 23 nitrogen and oxygen atoms in total. The average Bonchev–Trinajstić information content (AvgIpc) is 3.85. The van der Waals surface area contributed by atoms with Crippen LogP contribution in [0, 0.1) is 0 Å². The van der Waals surface area contributed by atoms with E-state index in [1.807, 2.05) is 0 Å². The summed E-state index contributed by atoms with van der Waals surface area (Å²) in [6.07, 6.45) is 4.95. The number of rotatable bonds is 15. The molecule has 4 aromatic heterocycles. The van der Waals surface area contributed by atoms with Gasteiger partial charge in [0.25, 0.3) is 0 Å². The number of aromatic nitrogens is 8. The lowest BCUT2D eigenvalue weighted by Crippen LogP contribution is -2.20. The van der Waals surface area contributed by atoms with E-state index in [0.29, 0.717) is 54.4 Å². The lowest BCUT2D eigenvalue weighted by molar-refractivity contribution is -0.0449. The van der Waals surface area contributed by atoms with Gasteiger partial charge in [-0.3, -0.25) is 18.2 Å². The van der Waals surface area contributed by atoms with Crippen molar-refractivity contribution in [1.29, 1.82) is 0 Å². The first kappa shape index (κ1) is 38.8. The first-order chi connectivity index (χ1) is 24.3. The molecular weight excluding hydrogens is 786 g/mol. The highest BCUT2D eigenvalue weighted by molar-refractivity contribution is 7.78. The Bertz CT molecular complexity index is 2160. The van der Waals surface area contributed by atoms with E-state index in [9.17, 15) is 46.6 Å². The fourth-order valence-electron chi connectivity index (χ4n) is 5.93. The van der Waals surface area contributed by atoms with E-state index >= 15 is 0 Å². The average molecular weight is 818 g/mol. The number of hydrogen-bond acceptors (Lipinski definition) is 17. The van der Waals surface area contributed by atoms with E-state index in [4.69, 9.17) is 20.9 Å². The Morgan fingerprint density at radius 3 is 1.73 bits per heavy atom. The number of imidazole rings is 2. The molecule has 286 valence electrons. The van der Waals surface area contributed by atoms with Gasteiger partial charge in [0, 0.05) is 12.1 Å². The molecule has 2 fully saturated rings. The molecule has 4 aromatic rings. The lowest BCUT2D eigenvalue weighted by atomic mass is 10.2. The third kappa shape index (κ3) is 7.97. The third-order valence-corrected chi connectivity index (χ3v) is 15.8. The van der Waals surface area contributed by atoms with Crippen LogP contribution in [-0.2, 0) is 40.9 Å². The first-order valence-electron chi connectivity index (χ1n) is 15.1. The van der Waals surface area contributed by atoms with Gasteiger partial charge in [0.05, 0.1) is 24.9 Å². The molecule has 2 aliphatic carbocycles. The van der Waals surface area contributed by atoms with Crippen molar-refractivity contribution in [1.82, 2.24) is 39.0 Å². The van der Waals surface area contributed by atoms with Crippen molar-refractivity contribution in [3.63, 3.8) is 0 Å². The smallest absolute Gasteiger partial charge is 0.382 e. The highest BCUT2D eigenvalue weighted by Crippen LogP contribution is 2.81. The number of anilines is 2. The summed E-state index contributed by atoms with van der Waals surface area (Å²) < 4.78 is 106. The molecule has 0 saturated heterocycles. The molecule has 0 amide bonds. The van der Waals surface area contributed by atoms with Crippen LogP contribution in [0.1, 0.15) is 50.6 Å². The van der Waals surface area contributed by atoms with Gasteiger partial charge in [0.2, 0.25) is 0 Å². The molecule has 0 radical (unpaired) electrons. The number of halogens is 2. The standard InChI is InChI=1S/C23H32F2N10O13P4/c24-23(25,50(38,39)47-49(36,37)12-45-16-4-2-14(6-16)35-10-33-18-20(27)29-8-31-22(18)35)51(40,41)48-52(42,43)46-11-44-15-3-1-13(5-15)34-9-32-17-19(26)28-7-30-21(17)34/h7-10,13-16H,1-6,11-12H2,(H,36,37)(H,38,39)(H,40,41)(H,42,43)(H2,26,28,30)(H2,27,29,31). The number of fused-ring (bicyclic) bond motifs is 2. The first-order valence-corrected chi connectivity index (χ1v) is 21.5. The number of phosphoric acid groups is 1. The SMILES string of the molecule is Nc1ncnc2c1ncn2C1CCC(OCOP(=O)(O)OP(=O)(O)C(F)(F)P(=O)(O)OP(=O)(O)COC2CCC(n3cnc4c(N)ncnc43)C2)C1. The van der Waals surface area contributed by atoms with Crippen molar-refractivity contribution in [3.05, 3.63) is 25.3 Å². The van der Waals surface area contributed by atoms with Gasteiger partial charge in [-0.15, -0.1) is 0 Å². The maximum atomic E-state index is 14.9. The van der Waals surface area contributed by atoms with Gasteiger partial charge in [0.1, 0.15) is 30.0 Å². The Balaban J connectivity index is 0.986. The number of nitrogens with two attached hydrogens (primary N) is 2. The number of nitrogens with zero attached hydrogens (tertiary/aromatic N) is 8. The van der Waals surface area contributed by atoms with Crippen LogP contribution in [0.15, 0.2) is 25.3 Å². The van der Waals surface area contributed by atoms with Gasteiger partial charge >= 0.3 is 36.0 Å². The van der Waals surface area contributed by atoms with E-state index in [2.05, 4.69) is 43.0 Å². The van der Waals surface area contributed by atoms with E-state index in [1.165, 1.54) is 25.3 Å². The fourth-order valence-corrected chi connectivity index (χ4v) is 12.1. The van der Waals surface area contributed by atoms with Crippen LogP contribution < -0.4 is 11.5 Å². The topological polar surface area (TPSA) is 335 Å². The molecule has 2 aliphatic rings. The van der Waals surface area contributed by atoms with Crippen LogP contribution in [0.2, 0.25) is 0 Å². The summed E-state index contributed by atoms with van der Waals surface area (Å²) in [4.78, 5) is 64.0. The Kier molecular flexibility index (Phi) is 10.8. The Labute approximate surface area is 290 Å². The second-order valence-corrected chi connectivity index (χ2v) is 19.5. The van der Waals surface area contributed by atoms with Crippen LogP contribution in [0.5, 0.6) is 0 Å². The van der Waals surface area contributed by atoms with Crippen molar-refractivity contribution in [2.24, 2.45) is 0 Å². The van der Waals surface area contributed by atoms with Gasteiger partial charge in [-0.05, 0) is 38.5 Å². The van der Waals surface area contributed by atoms with Gasteiger partial charge in [0.15, 0.2) is 29.7 Å². The molecule has 29 heteroatoms. The van der Waals surface area contributed by atoms with Crippen molar-refractivity contribution < 1.29 is 69.2 Å². The third-order valence-electron chi connectivity index (χ3n) is 8.40. The summed E-state index contributed by atoms with van der Waals surface area (Å²) in [6, 6.07) is -0.469. The minimum absolute atomic E-state index is 0.150. The zero-order valence-corrected chi connectivity index (χ0v) is 30.1. The van der Waals surface area contributed by atoms with Crippen molar-refractivity contribution in [2.75, 3.05) is 24.6 Å². The molecule has 4 heterocycles. The van der Waals surface area contributed by atoms with Gasteiger partial charge in [-0.25, -0.2) is 43.1 Å². The number of phosphoric ester groups is 1. The van der Waals surface area contributed by atoms with E-state index in [1.54, 1.807) is 9.13 Å². The molecule has 0 spiro atoms. The number of ether oxygens (including phenoxy) is 2. The predicted molar refractivity (Wildman–Crippen MR) is 172 cm³/mol. The molecule has 8 unspecified atom stereocenters. The van der Waals surface area contributed by atoms with Crippen LogP contribution in [0.3, 0.4) is 0 Å². The molecule has 52 heavy (non-hydrogen) atoms. The van der Waals surface area contributed by atoms with E-state index in [-0.39, 0.29) is 30.1 Å². The molecule has 8 atom stereocenters. The molecule has 0 bridgehead atoms. The number of alkyl halides is 2. The second-order valence-electron chi connectivity index (χ2n) is 11.9. The Hall–Kier alpha value is -2.88. The minimum atomic E-state index is -6.96. The normalized spacial score (nSPS) is 25.9. The maximum Gasteiger partial charge on any atom is 0.481 e. The Morgan fingerprint density at radius 1 is 0.731 bits per heavy atom. The molecule has 0 aliphatic heterocycles. The summed E-state index contributed by atoms with van der Waals surface area (Å²) in [5, 5.41) is -5.90. The molecule has 6 rings (SSSR count). The van der Waals surface area contributed by atoms with Crippen LogP contribution in [0.25, 0.3) is 22.3 Å². The van der Waals surface area contributed by atoms with Crippen LogP contribution >= 0.6 is 30.6 Å². The number of hydrogen-bond donors (Lipinski definition) is 6. The van der Waals surface area contributed by atoms with Gasteiger partial charge < -0.3 is 49.6 Å². The largest absolute Gasteiger partial charge is 0.481 e. The monoisotopic (exact) mass is 818 g/mol.